The topological polar surface area (TPSA) is 30.5 Å². The zero-order chi connectivity index (χ0) is 18.4. The van der Waals surface area contributed by atoms with E-state index in [-0.39, 0.29) is 12.4 Å². The fourth-order valence-corrected chi connectivity index (χ4v) is 4.05. The van der Waals surface area contributed by atoms with E-state index in [9.17, 15) is 0 Å². The van der Waals surface area contributed by atoms with Crippen molar-refractivity contribution in [3.05, 3.63) is 57.0 Å². The Kier molecular flexibility index (Phi) is 9.24. The molecule has 0 amide bonds. The van der Waals surface area contributed by atoms with Crippen molar-refractivity contribution < 1.29 is 21.9 Å². The lowest BCUT2D eigenvalue weighted by molar-refractivity contribution is -0.00000574. The highest BCUT2D eigenvalue weighted by Gasteiger charge is 2.15. The predicted octanol–water partition coefficient (Wildman–Crippen LogP) is 3.12. The van der Waals surface area contributed by atoms with E-state index in [0.717, 1.165) is 33.1 Å². The lowest BCUT2D eigenvalue weighted by Gasteiger charge is -2.23. The monoisotopic (exact) mass is 472 g/mol. The molecule has 0 aromatic heterocycles. The van der Waals surface area contributed by atoms with Crippen molar-refractivity contribution in [3.63, 3.8) is 0 Å². The van der Waals surface area contributed by atoms with Gasteiger partial charge in [0, 0.05) is 17.6 Å². The van der Waals surface area contributed by atoms with Gasteiger partial charge in [0.1, 0.15) is 6.61 Å². The van der Waals surface area contributed by atoms with Crippen molar-refractivity contribution in [2.24, 2.45) is 0 Å². The largest absolute Gasteiger partial charge is 1.00 e. The van der Waals surface area contributed by atoms with Crippen LogP contribution < -0.4 is 27.2 Å². The van der Waals surface area contributed by atoms with Crippen molar-refractivity contribution in [3.8, 4) is 11.5 Å². The van der Waals surface area contributed by atoms with Crippen LogP contribution in [0.5, 0.6) is 11.5 Å². The maximum atomic E-state index is 6.00. The lowest BCUT2D eigenvalue weighted by atomic mass is 9.95. The van der Waals surface area contributed by atoms with Crippen molar-refractivity contribution in [2.75, 3.05) is 7.11 Å². The van der Waals surface area contributed by atoms with Crippen LogP contribution in [0.25, 0.3) is 0 Å². The standard InChI is InChI=1S/C21H25BrClNO2.ClH/c1-25-20-12-16(13-24-18-5-3-2-4-6-18)11-19(22)21(20)26-14-15-7-9-17(23)10-8-15;/h7-12,18,24H,2-6,13-14H2,1H3;1H/p-1. The highest BCUT2D eigenvalue weighted by molar-refractivity contribution is 9.10. The number of benzene rings is 2. The second-order valence-corrected chi connectivity index (χ2v) is 8.03. The van der Waals surface area contributed by atoms with Crippen LogP contribution in [0.1, 0.15) is 43.2 Å². The van der Waals surface area contributed by atoms with E-state index in [1.165, 1.54) is 37.7 Å². The first-order valence-electron chi connectivity index (χ1n) is 9.13. The summed E-state index contributed by atoms with van der Waals surface area (Å²) in [6.45, 7) is 1.31. The van der Waals surface area contributed by atoms with Gasteiger partial charge in [0.2, 0.25) is 0 Å². The van der Waals surface area contributed by atoms with Gasteiger partial charge in [-0.15, -0.1) is 0 Å². The predicted molar refractivity (Wildman–Crippen MR) is 110 cm³/mol. The first-order valence-corrected chi connectivity index (χ1v) is 10.3. The Hall–Kier alpha value is -0.940. The number of ether oxygens (including phenoxy) is 2. The van der Waals surface area contributed by atoms with Gasteiger partial charge >= 0.3 is 0 Å². The van der Waals surface area contributed by atoms with Crippen molar-refractivity contribution in [1.82, 2.24) is 5.32 Å². The Labute approximate surface area is 181 Å². The molecule has 0 saturated heterocycles. The smallest absolute Gasteiger partial charge is 0.175 e. The van der Waals surface area contributed by atoms with Crippen LogP contribution in [0.15, 0.2) is 40.9 Å². The van der Waals surface area contributed by atoms with Gasteiger partial charge in [-0.3, -0.25) is 0 Å². The summed E-state index contributed by atoms with van der Waals surface area (Å²) in [5, 5.41) is 4.39. The second kappa shape index (κ2) is 11.2. The Morgan fingerprint density at radius 1 is 1.07 bits per heavy atom. The van der Waals surface area contributed by atoms with Gasteiger partial charge in [0.05, 0.1) is 11.6 Å². The molecule has 3 nitrogen and oxygen atoms in total. The van der Waals surface area contributed by atoms with Crippen LogP contribution in [0.2, 0.25) is 5.02 Å². The summed E-state index contributed by atoms with van der Waals surface area (Å²) in [5.74, 6) is 1.47. The highest BCUT2D eigenvalue weighted by atomic mass is 79.9. The average molecular weight is 474 g/mol. The van der Waals surface area contributed by atoms with Crippen LogP contribution in [0.4, 0.5) is 0 Å². The molecule has 1 aliphatic rings. The molecule has 0 unspecified atom stereocenters. The summed E-state index contributed by atoms with van der Waals surface area (Å²) >= 11 is 9.57. The molecule has 0 radical (unpaired) electrons. The SMILES string of the molecule is COc1cc(CNC2CCCCC2)cc(Br)c1OCc1ccc(Cl)cc1.[Cl-]. The third-order valence-electron chi connectivity index (χ3n) is 4.79. The van der Waals surface area contributed by atoms with E-state index in [2.05, 4.69) is 33.4 Å². The molecule has 2 aromatic rings. The maximum absolute atomic E-state index is 6.00. The highest BCUT2D eigenvalue weighted by Crippen LogP contribution is 2.37. The summed E-state index contributed by atoms with van der Waals surface area (Å²) in [5.41, 5.74) is 2.25. The summed E-state index contributed by atoms with van der Waals surface area (Å²) in [7, 11) is 1.68. The maximum Gasteiger partial charge on any atom is 0.175 e. The van der Waals surface area contributed by atoms with Crippen LogP contribution in [0.3, 0.4) is 0 Å². The number of hydrogen-bond donors (Lipinski definition) is 1. The third-order valence-corrected chi connectivity index (χ3v) is 5.63. The Morgan fingerprint density at radius 3 is 2.44 bits per heavy atom. The number of hydrogen-bond acceptors (Lipinski definition) is 3. The summed E-state index contributed by atoms with van der Waals surface area (Å²) < 4.78 is 12.5. The molecule has 0 atom stereocenters. The molecule has 148 valence electrons. The molecule has 1 fully saturated rings. The molecular weight excluding hydrogens is 449 g/mol. The van der Waals surface area contributed by atoms with E-state index in [1.54, 1.807) is 7.11 Å². The fraction of sp³-hybridized carbons (Fsp3) is 0.429. The van der Waals surface area contributed by atoms with Crippen LogP contribution in [0, 0.1) is 0 Å². The quantitative estimate of drug-likeness (QED) is 0.670. The summed E-state index contributed by atoms with van der Waals surface area (Å²) in [6.07, 6.45) is 6.60. The molecule has 0 heterocycles. The fourth-order valence-electron chi connectivity index (χ4n) is 3.32. The molecule has 0 bridgehead atoms. The number of nitrogens with one attached hydrogen (secondary N) is 1. The van der Waals surface area contributed by atoms with Gasteiger partial charge in [-0.1, -0.05) is 43.0 Å². The molecule has 0 aliphatic heterocycles. The average Bonchev–Trinajstić information content (AvgIpc) is 2.67. The number of rotatable bonds is 7. The zero-order valence-corrected chi connectivity index (χ0v) is 18.5. The van der Waals surface area contributed by atoms with Gasteiger partial charge in [0.15, 0.2) is 11.5 Å². The number of halogens is 3. The molecule has 6 heteroatoms. The Bertz CT molecular complexity index is 719. The molecular formula is C21H25BrCl2NO2-. The third kappa shape index (κ3) is 6.56. The minimum atomic E-state index is 0. The van der Waals surface area contributed by atoms with Crippen molar-refractivity contribution >= 4 is 27.5 Å². The van der Waals surface area contributed by atoms with Crippen LogP contribution in [-0.4, -0.2) is 13.2 Å². The van der Waals surface area contributed by atoms with Gasteiger partial charge < -0.3 is 27.2 Å². The molecule has 1 N–H and O–H groups in total. The van der Waals surface area contributed by atoms with E-state index in [1.807, 2.05) is 24.3 Å². The Balaban J connectivity index is 0.00000261. The van der Waals surface area contributed by atoms with Crippen molar-refractivity contribution in [2.45, 2.75) is 51.3 Å². The molecule has 27 heavy (non-hydrogen) atoms. The van der Waals surface area contributed by atoms with Gasteiger partial charge in [-0.25, -0.2) is 0 Å². The van der Waals surface area contributed by atoms with E-state index in [4.69, 9.17) is 21.1 Å². The van der Waals surface area contributed by atoms with Gasteiger partial charge in [-0.2, -0.15) is 0 Å². The first-order chi connectivity index (χ1) is 12.7. The Morgan fingerprint density at radius 2 is 1.78 bits per heavy atom. The molecule has 1 aliphatic carbocycles. The van der Waals surface area contributed by atoms with Gasteiger partial charge in [-0.05, 0) is 64.2 Å². The molecule has 0 spiro atoms. The summed E-state index contributed by atoms with van der Waals surface area (Å²) in [6, 6.07) is 12.5. The minimum Gasteiger partial charge on any atom is -1.00 e. The first kappa shape index (κ1) is 22.4. The lowest BCUT2D eigenvalue weighted by Crippen LogP contribution is -3.00. The van der Waals surface area contributed by atoms with Crippen LogP contribution in [-0.2, 0) is 13.2 Å². The van der Waals surface area contributed by atoms with Gasteiger partial charge in [0.25, 0.3) is 0 Å². The minimum absolute atomic E-state index is 0. The summed E-state index contributed by atoms with van der Waals surface area (Å²) in [4.78, 5) is 0. The zero-order valence-electron chi connectivity index (χ0n) is 15.4. The van der Waals surface area contributed by atoms with Crippen molar-refractivity contribution in [1.29, 1.82) is 0 Å². The normalized spacial score (nSPS) is 14.5. The van der Waals surface area contributed by atoms with Crippen LogP contribution >= 0.6 is 27.5 Å². The number of methoxy groups -OCH3 is 1. The van der Waals surface area contributed by atoms with E-state index < -0.39 is 0 Å². The molecule has 3 rings (SSSR count). The molecule has 2 aromatic carbocycles. The van der Waals surface area contributed by atoms with E-state index >= 15 is 0 Å². The van der Waals surface area contributed by atoms with E-state index in [0.29, 0.717) is 12.6 Å². The molecule has 1 saturated carbocycles. The second-order valence-electron chi connectivity index (χ2n) is 6.74.